The highest BCUT2D eigenvalue weighted by Crippen LogP contribution is 2.29. The third kappa shape index (κ3) is 2.71. The summed E-state index contributed by atoms with van der Waals surface area (Å²) in [6, 6.07) is 16.3. The average molecular weight is 341 g/mol. The normalized spacial score (nSPS) is 12.6. The molecule has 3 heteroatoms. The molecule has 0 spiro atoms. The van der Waals surface area contributed by atoms with Gasteiger partial charge in [-0.3, -0.25) is 0 Å². The third-order valence-corrected chi connectivity index (χ3v) is 4.52. The fourth-order valence-electron chi connectivity index (χ4n) is 2.44. The van der Waals surface area contributed by atoms with Crippen LogP contribution in [0.25, 0.3) is 10.9 Å². The minimum absolute atomic E-state index is 0.233. The Morgan fingerprint density at radius 2 is 1.76 bits per heavy atom. The molecular formula is C18H17BrN2. The fourth-order valence-corrected chi connectivity index (χ4v) is 3.02. The van der Waals surface area contributed by atoms with E-state index < -0.39 is 0 Å². The van der Waals surface area contributed by atoms with Crippen molar-refractivity contribution in [2.24, 2.45) is 5.73 Å². The van der Waals surface area contributed by atoms with Crippen LogP contribution in [0.3, 0.4) is 0 Å². The molecule has 0 bridgehead atoms. The zero-order valence-corrected chi connectivity index (χ0v) is 13.7. The molecule has 2 aromatic carbocycles. The van der Waals surface area contributed by atoms with Crippen molar-refractivity contribution in [3.63, 3.8) is 0 Å². The van der Waals surface area contributed by atoms with E-state index in [1.54, 1.807) is 0 Å². The van der Waals surface area contributed by atoms with Crippen LogP contribution >= 0.6 is 15.9 Å². The van der Waals surface area contributed by atoms with Crippen molar-refractivity contribution in [2.75, 3.05) is 0 Å². The van der Waals surface area contributed by atoms with Gasteiger partial charge in [0, 0.05) is 9.86 Å². The van der Waals surface area contributed by atoms with Gasteiger partial charge in [-0.1, -0.05) is 36.4 Å². The molecule has 3 aromatic rings. The summed E-state index contributed by atoms with van der Waals surface area (Å²) in [5.41, 5.74) is 11.9. The molecule has 1 atom stereocenters. The quantitative estimate of drug-likeness (QED) is 0.736. The summed E-state index contributed by atoms with van der Waals surface area (Å²) in [4.78, 5) is 4.73. The zero-order chi connectivity index (χ0) is 15.0. The second-order valence-electron chi connectivity index (χ2n) is 5.37. The summed E-state index contributed by atoms with van der Waals surface area (Å²) >= 11 is 3.61. The summed E-state index contributed by atoms with van der Waals surface area (Å²) in [5.74, 6) is 0. The number of aryl methyl sites for hydroxylation is 2. The SMILES string of the molecule is Cc1ccc(C(N)c2nc3ccccc3cc2Br)cc1C. The van der Waals surface area contributed by atoms with Gasteiger partial charge < -0.3 is 5.73 Å². The van der Waals surface area contributed by atoms with E-state index in [9.17, 15) is 0 Å². The smallest absolute Gasteiger partial charge is 0.0765 e. The first kappa shape index (κ1) is 14.2. The molecule has 1 unspecified atom stereocenters. The molecule has 0 amide bonds. The number of fused-ring (bicyclic) bond motifs is 1. The topological polar surface area (TPSA) is 38.9 Å². The first-order chi connectivity index (χ1) is 10.1. The number of nitrogens with zero attached hydrogens (tertiary/aromatic N) is 1. The molecule has 1 aromatic heterocycles. The molecule has 0 aliphatic rings. The molecule has 1 heterocycles. The maximum Gasteiger partial charge on any atom is 0.0765 e. The Morgan fingerprint density at radius 3 is 2.52 bits per heavy atom. The summed E-state index contributed by atoms with van der Waals surface area (Å²) in [6.45, 7) is 4.21. The van der Waals surface area contributed by atoms with Crippen LogP contribution in [0, 0.1) is 13.8 Å². The Kier molecular flexibility index (Phi) is 3.79. The molecule has 0 fully saturated rings. The fraction of sp³-hybridized carbons (Fsp3) is 0.167. The first-order valence-corrected chi connectivity index (χ1v) is 7.73. The largest absolute Gasteiger partial charge is 0.319 e. The standard InChI is InChI=1S/C18H17BrN2/c1-11-7-8-14(9-12(11)2)17(20)18-15(19)10-13-5-3-4-6-16(13)21-18/h3-10,17H,20H2,1-2H3. The van der Waals surface area contributed by atoms with Gasteiger partial charge in [-0.2, -0.15) is 0 Å². The lowest BCUT2D eigenvalue weighted by Crippen LogP contribution is -2.14. The number of benzene rings is 2. The lowest BCUT2D eigenvalue weighted by atomic mass is 9.99. The van der Waals surface area contributed by atoms with Crippen LogP contribution in [0.1, 0.15) is 28.4 Å². The van der Waals surface area contributed by atoms with Crippen LogP contribution in [0.4, 0.5) is 0 Å². The second kappa shape index (κ2) is 5.58. The minimum atomic E-state index is -0.233. The van der Waals surface area contributed by atoms with Crippen LogP contribution in [0.15, 0.2) is 53.0 Å². The second-order valence-corrected chi connectivity index (χ2v) is 6.22. The molecule has 0 aliphatic heterocycles. The number of aromatic nitrogens is 1. The summed E-state index contributed by atoms with van der Waals surface area (Å²) in [6.07, 6.45) is 0. The summed E-state index contributed by atoms with van der Waals surface area (Å²) < 4.78 is 0.951. The van der Waals surface area contributed by atoms with Gasteiger partial charge >= 0.3 is 0 Å². The van der Waals surface area contributed by atoms with Crippen molar-refractivity contribution in [2.45, 2.75) is 19.9 Å². The Hall–Kier alpha value is -1.71. The number of halogens is 1. The van der Waals surface area contributed by atoms with Crippen LogP contribution in [0.5, 0.6) is 0 Å². The number of nitrogens with two attached hydrogens (primary N) is 1. The molecule has 0 radical (unpaired) electrons. The highest BCUT2D eigenvalue weighted by molar-refractivity contribution is 9.10. The molecule has 0 saturated carbocycles. The molecule has 106 valence electrons. The number of rotatable bonds is 2. The van der Waals surface area contributed by atoms with Gasteiger partial charge in [0.15, 0.2) is 0 Å². The van der Waals surface area contributed by atoms with Crippen molar-refractivity contribution in [3.05, 3.63) is 75.4 Å². The Labute approximate surface area is 133 Å². The minimum Gasteiger partial charge on any atom is -0.319 e. The van der Waals surface area contributed by atoms with E-state index >= 15 is 0 Å². The highest BCUT2D eigenvalue weighted by atomic mass is 79.9. The Morgan fingerprint density at radius 1 is 1.00 bits per heavy atom. The van der Waals surface area contributed by atoms with Crippen LogP contribution in [-0.4, -0.2) is 4.98 Å². The van der Waals surface area contributed by atoms with Crippen molar-refractivity contribution in [1.29, 1.82) is 0 Å². The van der Waals surface area contributed by atoms with Gasteiger partial charge in [0.2, 0.25) is 0 Å². The van der Waals surface area contributed by atoms with Gasteiger partial charge in [-0.05, 0) is 58.6 Å². The monoisotopic (exact) mass is 340 g/mol. The van der Waals surface area contributed by atoms with E-state index in [1.165, 1.54) is 11.1 Å². The molecule has 3 rings (SSSR count). The maximum atomic E-state index is 6.43. The Balaban J connectivity index is 2.10. The number of pyridine rings is 1. The van der Waals surface area contributed by atoms with E-state index in [-0.39, 0.29) is 6.04 Å². The van der Waals surface area contributed by atoms with E-state index in [2.05, 4.69) is 60.1 Å². The van der Waals surface area contributed by atoms with Crippen LogP contribution < -0.4 is 5.73 Å². The van der Waals surface area contributed by atoms with Gasteiger partial charge in [0.1, 0.15) is 0 Å². The predicted octanol–water partition coefficient (Wildman–Crippen LogP) is 4.66. The van der Waals surface area contributed by atoms with E-state index in [0.29, 0.717) is 0 Å². The molecule has 0 saturated heterocycles. The molecule has 21 heavy (non-hydrogen) atoms. The maximum absolute atomic E-state index is 6.43. The molecular weight excluding hydrogens is 324 g/mol. The van der Waals surface area contributed by atoms with Crippen molar-refractivity contribution < 1.29 is 0 Å². The predicted molar refractivity (Wildman–Crippen MR) is 91.4 cm³/mol. The lowest BCUT2D eigenvalue weighted by molar-refractivity contribution is 0.827. The number of para-hydroxylation sites is 1. The number of hydrogen-bond acceptors (Lipinski definition) is 2. The van der Waals surface area contributed by atoms with E-state index in [1.807, 2.05) is 18.2 Å². The summed E-state index contributed by atoms with van der Waals surface area (Å²) in [5, 5.41) is 1.11. The third-order valence-electron chi connectivity index (χ3n) is 3.89. The van der Waals surface area contributed by atoms with Gasteiger partial charge in [0.05, 0.1) is 17.3 Å². The zero-order valence-electron chi connectivity index (χ0n) is 12.1. The van der Waals surface area contributed by atoms with Crippen LogP contribution in [0.2, 0.25) is 0 Å². The van der Waals surface area contributed by atoms with Gasteiger partial charge in [-0.25, -0.2) is 4.98 Å². The average Bonchev–Trinajstić information content (AvgIpc) is 2.48. The number of hydrogen-bond donors (Lipinski definition) is 1. The lowest BCUT2D eigenvalue weighted by Gasteiger charge is -2.15. The summed E-state index contributed by atoms with van der Waals surface area (Å²) in [7, 11) is 0. The van der Waals surface area contributed by atoms with E-state index in [4.69, 9.17) is 10.7 Å². The molecule has 0 aliphatic carbocycles. The van der Waals surface area contributed by atoms with Gasteiger partial charge in [0.25, 0.3) is 0 Å². The van der Waals surface area contributed by atoms with Crippen molar-refractivity contribution in [1.82, 2.24) is 4.98 Å². The first-order valence-electron chi connectivity index (χ1n) is 6.94. The Bertz CT molecular complexity index is 811. The molecule has 2 N–H and O–H groups in total. The van der Waals surface area contributed by atoms with Crippen molar-refractivity contribution >= 4 is 26.8 Å². The molecule has 2 nitrogen and oxygen atoms in total. The van der Waals surface area contributed by atoms with Crippen LogP contribution in [-0.2, 0) is 0 Å². The van der Waals surface area contributed by atoms with E-state index in [0.717, 1.165) is 26.6 Å². The van der Waals surface area contributed by atoms with Crippen molar-refractivity contribution in [3.8, 4) is 0 Å². The van der Waals surface area contributed by atoms with Gasteiger partial charge in [-0.15, -0.1) is 0 Å². The highest BCUT2D eigenvalue weighted by Gasteiger charge is 2.15.